The van der Waals surface area contributed by atoms with Gasteiger partial charge in [0.2, 0.25) is 5.91 Å². The minimum Gasteiger partial charge on any atom is -0.326 e. The number of rotatable bonds is 2. The molecule has 4 fully saturated rings. The number of benzene rings is 1. The SMILES string of the molecule is O=C(Nc1ccc(F)c(Cl)c1)C12CC3C[C@@H](CC[C@H](C3)C1)C2. The molecule has 0 radical (unpaired) electrons. The molecule has 0 aromatic heterocycles. The van der Waals surface area contributed by atoms with E-state index in [1.165, 1.54) is 37.8 Å². The van der Waals surface area contributed by atoms with Crippen LogP contribution in [0.1, 0.15) is 44.9 Å². The van der Waals surface area contributed by atoms with Gasteiger partial charge < -0.3 is 5.32 Å². The summed E-state index contributed by atoms with van der Waals surface area (Å²) in [5.74, 6) is 1.83. The molecular formula is C18H21ClFNO. The molecule has 0 aliphatic heterocycles. The maximum absolute atomic E-state index is 13.3. The van der Waals surface area contributed by atoms with Crippen LogP contribution in [-0.2, 0) is 4.79 Å². The molecule has 4 aliphatic rings. The van der Waals surface area contributed by atoms with Crippen molar-refractivity contribution in [3.8, 4) is 0 Å². The number of hydrogen-bond donors (Lipinski definition) is 1. The van der Waals surface area contributed by atoms with Crippen LogP contribution >= 0.6 is 11.6 Å². The summed E-state index contributed by atoms with van der Waals surface area (Å²) in [6.07, 6.45) is 8.29. The van der Waals surface area contributed by atoms with Crippen molar-refractivity contribution in [3.05, 3.63) is 29.0 Å². The zero-order chi connectivity index (χ0) is 15.3. The van der Waals surface area contributed by atoms with Crippen LogP contribution in [0.2, 0.25) is 5.02 Å². The van der Waals surface area contributed by atoms with Crippen molar-refractivity contribution in [2.45, 2.75) is 44.9 Å². The molecule has 1 aromatic carbocycles. The summed E-state index contributed by atoms with van der Waals surface area (Å²) in [5.41, 5.74) is 0.402. The van der Waals surface area contributed by atoms with Gasteiger partial charge in [-0.15, -0.1) is 0 Å². The lowest BCUT2D eigenvalue weighted by Gasteiger charge is -2.47. The average Bonchev–Trinajstić information content (AvgIpc) is 2.69. The molecule has 0 unspecified atom stereocenters. The van der Waals surface area contributed by atoms with Gasteiger partial charge in [0, 0.05) is 5.69 Å². The molecule has 2 atom stereocenters. The van der Waals surface area contributed by atoms with E-state index in [9.17, 15) is 9.18 Å². The van der Waals surface area contributed by atoms with Crippen LogP contribution < -0.4 is 5.32 Å². The van der Waals surface area contributed by atoms with E-state index in [0.29, 0.717) is 17.5 Å². The Morgan fingerprint density at radius 3 is 2.41 bits per heavy atom. The van der Waals surface area contributed by atoms with E-state index in [4.69, 9.17) is 11.6 Å². The zero-order valence-corrected chi connectivity index (χ0v) is 13.3. The molecule has 1 aromatic rings. The van der Waals surface area contributed by atoms with Crippen molar-refractivity contribution in [1.82, 2.24) is 0 Å². The predicted molar refractivity (Wildman–Crippen MR) is 85.3 cm³/mol. The summed E-state index contributed by atoms with van der Waals surface area (Å²) in [6.45, 7) is 0. The number of nitrogens with one attached hydrogen (secondary N) is 1. The lowest BCUT2D eigenvalue weighted by molar-refractivity contribution is -0.132. The molecule has 2 nitrogen and oxygen atoms in total. The fourth-order valence-corrected chi connectivity index (χ4v) is 5.49. The van der Waals surface area contributed by atoms with E-state index < -0.39 is 5.82 Å². The van der Waals surface area contributed by atoms with Gasteiger partial charge in [0.05, 0.1) is 10.4 Å². The predicted octanol–water partition coefficient (Wildman–Crippen LogP) is 5.02. The van der Waals surface area contributed by atoms with Gasteiger partial charge >= 0.3 is 0 Å². The Bertz CT molecular complexity index is 601. The third-order valence-corrected chi connectivity index (χ3v) is 6.30. The second-order valence-corrected chi connectivity index (χ2v) is 8.03. The molecular weight excluding hydrogens is 301 g/mol. The molecule has 118 valence electrons. The summed E-state index contributed by atoms with van der Waals surface area (Å²) >= 11 is 5.82. The maximum Gasteiger partial charge on any atom is 0.230 e. The first-order chi connectivity index (χ1) is 10.5. The molecule has 1 N–H and O–H groups in total. The molecule has 5 rings (SSSR count). The van der Waals surface area contributed by atoms with Crippen LogP contribution in [0.5, 0.6) is 0 Å². The lowest BCUT2D eigenvalue weighted by atomic mass is 9.58. The van der Waals surface area contributed by atoms with Crippen molar-refractivity contribution in [1.29, 1.82) is 0 Å². The molecule has 0 spiro atoms. The van der Waals surface area contributed by atoms with Gasteiger partial charge in [0.25, 0.3) is 0 Å². The highest BCUT2D eigenvalue weighted by Gasteiger charge is 2.52. The smallest absolute Gasteiger partial charge is 0.230 e. The minimum atomic E-state index is -0.453. The summed E-state index contributed by atoms with van der Waals surface area (Å²) in [4.78, 5) is 13.0. The minimum absolute atomic E-state index is 0.0561. The number of amides is 1. The third kappa shape index (κ3) is 2.44. The summed E-state index contributed by atoms with van der Waals surface area (Å²) in [6, 6.07) is 4.40. The van der Waals surface area contributed by atoms with Crippen LogP contribution in [0.3, 0.4) is 0 Å². The number of halogens is 2. The van der Waals surface area contributed by atoms with Crippen molar-refractivity contribution in [2.75, 3.05) is 5.32 Å². The molecule has 4 heteroatoms. The number of carbonyl (C=O) groups is 1. The first-order valence-electron chi connectivity index (χ1n) is 8.31. The largest absolute Gasteiger partial charge is 0.326 e. The Hall–Kier alpha value is -1.09. The van der Waals surface area contributed by atoms with Crippen LogP contribution in [-0.4, -0.2) is 5.91 Å². The second-order valence-electron chi connectivity index (χ2n) is 7.62. The van der Waals surface area contributed by atoms with Crippen molar-refractivity contribution in [3.63, 3.8) is 0 Å². The Morgan fingerprint density at radius 1 is 1.14 bits per heavy atom. The number of anilines is 1. The summed E-state index contributed by atoms with van der Waals surface area (Å²) in [5, 5.41) is 3.06. The van der Waals surface area contributed by atoms with Gasteiger partial charge in [0.1, 0.15) is 5.82 Å². The number of carbonyl (C=O) groups excluding carboxylic acids is 1. The van der Waals surface area contributed by atoms with Gasteiger partial charge in [-0.05, 0) is 68.1 Å². The fourth-order valence-electron chi connectivity index (χ4n) is 5.31. The van der Waals surface area contributed by atoms with Crippen molar-refractivity contribution < 1.29 is 9.18 Å². The van der Waals surface area contributed by atoms with Crippen molar-refractivity contribution in [2.24, 2.45) is 23.2 Å². The topological polar surface area (TPSA) is 29.1 Å². The van der Waals surface area contributed by atoms with E-state index in [-0.39, 0.29) is 16.3 Å². The first-order valence-corrected chi connectivity index (χ1v) is 8.68. The van der Waals surface area contributed by atoms with E-state index >= 15 is 0 Å². The Labute approximate surface area is 135 Å². The molecule has 0 heterocycles. The van der Waals surface area contributed by atoms with E-state index in [1.54, 1.807) is 6.07 Å². The normalized spacial score (nSPS) is 36.2. The standard InChI is InChI=1S/C18H21ClFNO/c19-15-7-14(3-4-16(15)20)21-17(22)18-8-11-1-2-12(9-18)6-13(5-11)10-18/h3-4,7,11-13H,1-2,5-6,8-10H2,(H,21,22)/t11-,12-,13?,18?/m1/s1. The Morgan fingerprint density at radius 2 is 1.77 bits per heavy atom. The molecule has 4 saturated carbocycles. The van der Waals surface area contributed by atoms with Crippen LogP contribution in [0.4, 0.5) is 10.1 Å². The van der Waals surface area contributed by atoms with Gasteiger partial charge in [-0.1, -0.05) is 24.4 Å². The van der Waals surface area contributed by atoms with Crippen molar-refractivity contribution >= 4 is 23.2 Å². The highest BCUT2D eigenvalue weighted by Crippen LogP contribution is 2.58. The monoisotopic (exact) mass is 321 g/mol. The van der Waals surface area contributed by atoms with E-state index in [2.05, 4.69) is 5.32 Å². The van der Waals surface area contributed by atoms with Gasteiger partial charge in [-0.2, -0.15) is 0 Å². The maximum atomic E-state index is 13.3. The fraction of sp³-hybridized carbons (Fsp3) is 0.611. The van der Waals surface area contributed by atoms with Crippen LogP contribution in [0, 0.1) is 29.0 Å². The highest BCUT2D eigenvalue weighted by atomic mass is 35.5. The van der Waals surface area contributed by atoms with E-state index in [0.717, 1.165) is 25.2 Å². The Kier molecular flexibility index (Phi) is 3.44. The van der Waals surface area contributed by atoms with E-state index in [1.807, 2.05) is 0 Å². The summed E-state index contributed by atoms with van der Waals surface area (Å²) < 4.78 is 13.3. The van der Waals surface area contributed by atoms with Crippen LogP contribution in [0.15, 0.2) is 18.2 Å². The quantitative estimate of drug-likeness (QED) is 0.813. The molecule has 0 saturated heterocycles. The molecule has 4 aliphatic carbocycles. The number of fused-ring (bicyclic) bond motifs is 1. The summed E-state index contributed by atoms with van der Waals surface area (Å²) in [7, 11) is 0. The molecule has 4 bridgehead atoms. The molecule has 1 amide bonds. The first kappa shape index (κ1) is 14.5. The van der Waals surface area contributed by atoms with Gasteiger partial charge in [-0.25, -0.2) is 4.39 Å². The number of hydrogen-bond acceptors (Lipinski definition) is 1. The second kappa shape index (κ2) is 5.23. The average molecular weight is 322 g/mol. The zero-order valence-electron chi connectivity index (χ0n) is 12.6. The van der Waals surface area contributed by atoms with Crippen LogP contribution in [0.25, 0.3) is 0 Å². The van der Waals surface area contributed by atoms with Gasteiger partial charge in [-0.3, -0.25) is 4.79 Å². The lowest BCUT2D eigenvalue weighted by Crippen LogP contribution is -2.46. The Balaban J connectivity index is 1.58. The molecule has 22 heavy (non-hydrogen) atoms. The highest BCUT2D eigenvalue weighted by molar-refractivity contribution is 6.31. The van der Waals surface area contributed by atoms with Gasteiger partial charge in [0.15, 0.2) is 0 Å². The third-order valence-electron chi connectivity index (χ3n) is 6.01.